The number of hydrogen-bond acceptors (Lipinski definition) is 2. The van der Waals surface area contributed by atoms with Crippen LogP contribution in [0.5, 0.6) is 0 Å². The van der Waals surface area contributed by atoms with Gasteiger partial charge in [0.15, 0.2) is 0 Å². The van der Waals surface area contributed by atoms with Crippen molar-refractivity contribution in [1.82, 2.24) is 5.32 Å². The Morgan fingerprint density at radius 1 is 1.27 bits per heavy atom. The van der Waals surface area contributed by atoms with Gasteiger partial charge in [-0.25, -0.2) is 8.78 Å². The second kappa shape index (κ2) is 3.87. The fraction of sp³-hybridized carbons (Fsp3) is 0.455. The lowest BCUT2D eigenvalue weighted by atomic mass is 10.00. The van der Waals surface area contributed by atoms with Crippen LogP contribution in [0.4, 0.5) is 8.78 Å². The minimum absolute atomic E-state index is 0.192. The van der Waals surface area contributed by atoms with Gasteiger partial charge in [0.25, 0.3) is 0 Å². The predicted octanol–water partition coefficient (Wildman–Crippen LogP) is 1.84. The summed E-state index contributed by atoms with van der Waals surface area (Å²) in [4.78, 5) is 0. The first-order chi connectivity index (χ1) is 7.07. The maximum Gasteiger partial charge on any atom is 0.126 e. The average molecular weight is 213 g/mol. The van der Waals surface area contributed by atoms with Gasteiger partial charge in [0.2, 0.25) is 0 Å². The van der Waals surface area contributed by atoms with Crippen molar-refractivity contribution in [2.45, 2.75) is 19.1 Å². The molecule has 4 heteroatoms. The van der Waals surface area contributed by atoms with E-state index in [0.717, 1.165) is 19.2 Å². The molecule has 1 saturated heterocycles. The van der Waals surface area contributed by atoms with Gasteiger partial charge in [-0.05, 0) is 24.6 Å². The normalized spacial score (nSPS) is 18.6. The molecule has 82 valence electrons. The molecule has 1 N–H and O–H groups in total. The minimum Gasteiger partial charge on any atom is -0.368 e. The highest BCUT2D eigenvalue weighted by Crippen LogP contribution is 2.18. The molecule has 0 spiro atoms. The zero-order valence-electron chi connectivity index (χ0n) is 8.52. The molecular weight excluding hydrogens is 200 g/mol. The van der Waals surface area contributed by atoms with Crippen LogP contribution >= 0.6 is 0 Å². The summed E-state index contributed by atoms with van der Waals surface area (Å²) in [7, 11) is 0. The molecule has 0 atom stereocenters. The molecule has 2 nitrogen and oxygen atoms in total. The van der Waals surface area contributed by atoms with E-state index in [4.69, 9.17) is 4.74 Å². The van der Waals surface area contributed by atoms with Crippen LogP contribution in [0.3, 0.4) is 0 Å². The standard InChI is InChI=1S/C11H13F2NO/c1-11(6-14-7-11)15-5-8-2-9(12)4-10(13)3-8/h2-4,14H,5-7H2,1H3. The third kappa shape index (κ3) is 2.52. The summed E-state index contributed by atoms with van der Waals surface area (Å²) in [6.07, 6.45) is 0. The Hall–Kier alpha value is -1.00. The molecule has 0 saturated carbocycles. The molecule has 15 heavy (non-hydrogen) atoms. The van der Waals surface area contributed by atoms with Gasteiger partial charge in [0.1, 0.15) is 11.6 Å². The Balaban J connectivity index is 1.98. The molecule has 0 radical (unpaired) electrons. The highest BCUT2D eigenvalue weighted by atomic mass is 19.1. The van der Waals surface area contributed by atoms with Crippen molar-refractivity contribution in [3.05, 3.63) is 35.4 Å². The largest absolute Gasteiger partial charge is 0.368 e. The quantitative estimate of drug-likeness (QED) is 0.827. The first kappa shape index (κ1) is 10.5. The lowest BCUT2D eigenvalue weighted by Crippen LogP contribution is -2.58. The first-order valence-corrected chi connectivity index (χ1v) is 4.87. The molecule has 1 fully saturated rings. The van der Waals surface area contributed by atoms with E-state index in [2.05, 4.69) is 5.32 Å². The van der Waals surface area contributed by atoms with E-state index in [1.807, 2.05) is 6.92 Å². The molecule has 0 unspecified atom stereocenters. The highest BCUT2D eigenvalue weighted by molar-refractivity contribution is 5.17. The Morgan fingerprint density at radius 3 is 2.33 bits per heavy atom. The SMILES string of the molecule is CC1(OCc2cc(F)cc(F)c2)CNC1. The number of ether oxygens (including phenoxy) is 1. The van der Waals surface area contributed by atoms with Crippen LogP contribution in [0.1, 0.15) is 12.5 Å². The highest BCUT2D eigenvalue weighted by Gasteiger charge is 2.32. The second-order valence-corrected chi connectivity index (χ2v) is 4.12. The third-order valence-electron chi connectivity index (χ3n) is 2.51. The van der Waals surface area contributed by atoms with E-state index in [-0.39, 0.29) is 12.2 Å². The van der Waals surface area contributed by atoms with Crippen molar-refractivity contribution >= 4 is 0 Å². The molecule has 1 aromatic carbocycles. The van der Waals surface area contributed by atoms with E-state index in [1.54, 1.807) is 0 Å². The summed E-state index contributed by atoms with van der Waals surface area (Å²) in [5.41, 5.74) is 0.337. The zero-order valence-corrected chi connectivity index (χ0v) is 8.52. The fourth-order valence-electron chi connectivity index (χ4n) is 1.53. The molecule has 0 amide bonds. The number of halogens is 2. The molecule has 0 aromatic heterocycles. The summed E-state index contributed by atoms with van der Waals surface area (Å²) in [6, 6.07) is 3.44. The monoisotopic (exact) mass is 213 g/mol. The Bertz CT molecular complexity index is 343. The number of rotatable bonds is 3. The van der Waals surface area contributed by atoms with Gasteiger partial charge in [-0.15, -0.1) is 0 Å². The van der Waals surface area contributed by atoms with Crippen LogP contribution in [0, 0.1) is 11.6 Å². The van der Waals surface area contributed by atoms with Crippen molar-refractivity contribution in [2.75, 3.05) is 13.1 Å². The average Bonchev–Trinajstić information content (AvgIpc) is 2.10. The van der Waals surface area contributed by atoms with Crippen LogP contribution in [0.25, 0.3) is 0 Å². The van der Waals surface area contributed by atoms with Crippen molar-refractivity contribution in [2.24, 2.45) is 0 Å². The molecular formula is C11H13F2NO. The lowest BCUT2D eigenvalue weighted by Gasteiger charge is -2.39. The van der Waals surface area contributed by atoms with Crippen LogP contribution < -0.4 is 5.32 Å². The van der Waals surface area contributed by atoms with Gasteiger partial charge in [0.05, 0.1) is 12.2 Å². The summed E-state index contributed by atoms with van der Waals surface area (Å²) < 4.78 is 31.2. The molecule has 1 aliphatic heterocycles. The van der Waals surface area contributed by atoms with E-state index in [0.29, 0.717) is 5.56 Å². The van der Waals surface area contributed by atoms with Gasteiger partial charge in [0, 0.05) is 19.2 Å². The molecule has 1 aliphatic rings. The number of benzene rings is 1. The van der Waals surface area contributed by atoms with Gasteiger partial charge in [-0.3, -0.25) is 0 Å². The van der Waals surface area contributed by atoms with Crippen molar-refractivity contribution < 1.29 is 13.5 Å². The van der Waals surface area contributed by atoms with Crippen LogP contribution in [0.15, 0.2) is 18.2 Å². The van der Waals surface area contributed by atoms with E-state index in [1.165, 1.54) is 12.1 Å². The van der Waals surface area contributed by atoms with Gasteiger partial charge >= 0.3 is 0 Å². The summed E-state index contributed by atoms with van der Waals surface area (Å²) in [5, 5.41) is 3.09. The maximum atomic E-state index is 12.8. The fourth-order valence-corrected chi connectivity index (χ4v) is 1.53. The molecule has 1 heterocycles. The second-order valence-electron chi connectivity index (χ2n) is 4.12. The van der Waals surface area contributed by atoms with Crippen molar-refractivity contribution in [3.63, 3.8) is 0 Å². The molecule has 1 aromatic rings. The van der Waals surface area contributed by atoms with Gasteiger partial charge in [-0.1, -0.05) is 0 Å². The first-order valence-electron chi connectivity index (χ1n) is 4.87. The van der Waals surface area contributed by atoms with Crippen LogP contribution in [0.2, 0.25) is 0 Å². The van der Waals surface area contributed by atoms with Gasteiger partial charge in [-0.2, -0.15) is 0 Å². The predicted molar refractivity (Wildman–Crippen MR) is 52.4 cm³/mol. The Morgan fingerprint density at radius 2 is 1.87 bits per heavy atom. The van der Waals surface area contributed by atoms with E-state index < -0.39 is 11.6 Å². The smallest absolute Gasteiger partial charge is 0.126 e. The van der Waals surface area contributed by atoms with Crippen molar-refractivity contribution in [3.8, 4) is 0 Å². The van der Waals surface area contributed by atoms with Crippen molar-refractivity contribution in [1.29, 1.82) is 0 Å². The lowest BCUT2D eigenvalue weighted by molar-refractivity contribution is -0.0768. The molecule has 2 rings (SSSR count). The van der Waals surface area contributed by atoms with Gasteiger partial charge < -0.3 is 10.1 Å². The summed E-state index contributed by atoms with van der Waals surface area (Å²) >= 11 is 0. The number of hydrogen-bond donors (Lipinski definition) is 1. The Labute approximate surface area is 87.2 Å². The summed E-state index contributed by atoms with van der Waals surface area (Å²) in [5.74, 6) is -1.13. The number of nitrogens with one attached hydrogen (secondary N) is 1. The Kier molecular flexibility index (Phi) is 2.71. The minimum atomic E-state index is -0.564. The molecule has 0 aliphatic carbocycles. The maximum absolute atomic E-state index is 12.8. The zero-order chi connectivity index (χ0) is 10.9. The van der Waals surface area contributed by atoms with E-state index >= 15 is 0 Å². The third-order valence-corrected chi connectivity index (χ3v) is 2.51. The van der Waals surface area contributed by atoms with E-state index in [9.17, 15) is 8.78 Å². The van der Waals surface area contributed by atoms with Crippen LogP contribution in [-0.2, 0) is 11.3 Å². The summed E-state index contributed by atoms with van der Waals surface area (Å²) in [6.45, 7) is 3.78. The topological polar surface area (TPSA) is 21.3 Å². The molecule has 0 bridgehead atoms. The van der Waals surface area contributed by atoms with Crippen LogP contribution in [-0.4, -0.2) is 18.7 Å².